The molecule has 2 aliphatic heterocycles. The normalized spacial score (nSPS) is 22.9. The van der Waals surface area contributed by atoms with Crippen LogP contribution in [0.5, 0.6) is 0 Å². The second-order valence-corrected chi connectivity index (χ2v) is 9.36. The zero-order valence-electron chi connectivity index (χ0n) is 15.3. The first-order valence-electron chi connectivity index (χ1n) is 9.25. The number of nitrogens with zero attached hydrogens (tertiary/aromatic N) is 1. The highest BCUT2D eigenvalue weighted by molar-refractivity contribution is 7.90. The molecule has 0 N–H and O–H groups in total. The van der Waals surface area contributed by atoms with E-state index in [0.717, 1.165) is 24.2 Å². The molecule has 2 saturated heterocycles. The molecule has 0 aromatic heterocycles. The molecule has 2 aromatic carbocycles. The van der Waals surface area contributed by atoms with Gasteiger partial charge in [0.15, 0.2) is 9.84 Å². The van der Waals surface area contributed by atoms with Gasteiger partial charge in [-0.3, -0.25) is 4.79 Å². The van der Waals surface area contributed by atoms with Crippen molar-refractivity contribution in [1.29, 1.82) is 0 Å². The van der Waals surface area contributed by atoms with Crippen molar-refractivity contribution < 1.29 is 17.9 Å². The maximum absolute atomic E-state index is 12.4. The molecule has 0 saturated carbocycles. The summed E-state index contributed by atoms with van der Waals surface area (Å²) in [5.41, 5.74) is 3.05. The van der Waals surface area contributed by atoms with Crippen molar-refractivity contribution in [2.45, 2.75) is 29.6 Å². The lowest BCUT2D eigenvalue weighted by molar-refractivity contribution is -0.139. The maximum atomic E-state index is 12.4. The molecule has 6 heteroatoms. The molecule has 0 radical (unpaired) electrons. The van der Waals surface area contributed by atoms with Crippen molar-refractivity contribution in [3.63, 3.8) is 0 Å². The van der Waals surface area contributed by atoms with Crippen LogP contribution in [0.2, 0.25) is 0 Å². The van der Waals surface area contributed by atoms with Crippen LogP contribution in [0.3, 0.4) is 0 Å². The maximum Gasteiger partial charge on any atom is 0.314 e. The van der Waals surface area contributed by atoms with Crippen molar-refractivity contribution in [2.24, 2.45) is 0 Å². The van der Waals surface area contributed by atoms with E-state index in [2.05, 4.69) is 17.0 Å². The lowest BCUT2D eigenvalue weighted by Gasteiger charge is -2.20. The van der Waals surface area contributed by atoms with Crippen LogP contribution in [0.25, 0.3) is 0 Å². The monoisotopic (exact) mass is 385 g/mol. The second kappa shape index (κ2) is 7.00. The van der Waals surface area contributed by atoms with E-state index in [4.69, 9.17) is 4.74 Å². The lowest BCUT2D eigenvalue weighted by Crippen LogP contribution is -2.18. The summed E-state index contributed by atoms with van der Waals surface area (Å²) < 4.78 is 28.7. The van der Waals surface area contributed by atoms with Gasteiger partial charge in [0.25, 0.3) is 0 Å². The van der Waals surface area contributed by atoms with Crippen molar-refractivity contribution in [3.05, 3.63) is 59.7 Å². The fourth-order valence-electron chi connectivity index (χ4n) is 4.01. The minimum atomic E-state index is -3.24. The van der Waals surface area contributed by atoms with Crippen LogP contribution in [-0.4, -0.2) is 40.3 Å². The third-order valence-electron chi connectivity index (χ3n) is 5.52. The first-order valence-corrected chi connectivity index (χ1v) is 11.1. The Morgan fingerprint density at radius 2 is 1.52 bits per heavy atom. The first kappa shape index (κ1) is 18.0. The number of hydrogen-bond donors (Lipinski definition) is 0. The van der Waals surface area contributed by atoms with E-state index in [1.54, 1.807) is 24.3 Å². The number of anilines is 1. The molecule has 0 bridgehead atoms. The van der Waals surface area contributed by atoms with Gasteiger partial charge in [0.2, 0.25) is 0 Å². The summed E-state index contributed by atoms with van der Waals surface area (Å²) in [6.07, 6.45) is 3.64. The van der Waals surface area contributed by atoms with E-state index in [9.17, 15) is 13.2 Å². The van der Waals surface area contributed by atoms with Gasteiger partial charge in [-0.2, -0.15) is 0 Å². The highest BCUT2D eigenvalue weighted by Crippen LogP contribution is 2.40. The summed E-state index contributed by atoms with van der Waals surface area (Å²) in [4.78, 5) is 15.0. The Bertz CT molecular complexity index is 929. The predicted molar refractivity (Wildman–Crippen MR) is 104 cm³/mol. The minimum absolute atomic E-state index is 0.108. The Morgan fingerprint density at radius 1 is 0.926 bits per heavy atom. The van der Waals surface area contributed by atoms with E-state index in [-0.39, 0.29) is 22.7 Å². The molecule has 142 valence electrons. The molecule has 27 heavy (non-hydrogen) atoms. The minimum Gasteiger partial charge on any atom is -0.465 e. The van der Waals surface area contributed by atoms with Gasteiger partial charge in [-0.1, -0.05) is 24.3 Å². The van der Waals surface area contributed by atoms with Crippen LogP contribution in [0.1, 0.15) is 35.8 Å². The number of rotatable bonds is 4. The van der Waals surface area contributed by atoms with Gasteiger partial charge in [-0.05, 0) is 48.2 Å². The summed E-state index contributed by atoms with van der Waals surface area (Å²) in [6, 6.07) is 15.0. The predicted octanol–water partition coefficient (Wildman–Crippen LogP) is 3.11. The molecule has 0 aliphatic carbocycles. The third kappa shape index (κ3) is 3.58. The van der Waals surface area contributed by atoms with Crippen molar-refractivity contribution in [2.75, 3.05) is 30.9 Å². The number of hydrogen-bond acceptors (Lipinski definition) is 5. The molecule has 0 amide bonds. The van der Waals surface area contributed by atoms with Gasteiger partial charge in [0, 0.05) is 31.0 Å². The van der Waals surface area contributed by atoms with E-state index in [1.165, 1.54) is 24.8 Å². The zero-order valence-corrected chi connectivity index (χ0v) is 16.1. The average Bonchev–Trinajstić information content (AvgIpc) is 3.31. The average molecular weight is 385 g/mol. The Hall–Kier alpha value is -2.34. The Balaban J connectivity index is 1.59. The van der Waals surface area contributed by atoms with Crippen molar-refractivity contribution >= 4 is 21.5 Å². The molecule has 2 atom stereocenters. The van der Waals surface area contributed by atoms with Crippen LogP contribution in [-0.2, 0) is 19.4 Å². The summed E-state index contributed by atoms with van der Waals surface area (Å²) in [7, 11) is -3.24. The van der Waals surface area contributed by atoms with Crippen LogP contribution in [0, 0.1) is 0 Å². The van der Waals surface area contributed by atoms with Crippen molar-refractivity contribution in [1.82, 2.24) is 0 Å². The number of esters is 1. The molecule has 2 aliphatic rings. The summed E-state index contributed by atoms with van der Waals surface area (Å²) in [5.74, 6) is -0.688. The highest BCUT2D eigenvalue weighted by Gasteiger charge is 2.39. The van der Waals surface area contributed by atoms with Crippen LogP contribution < -0.4 is 4.90 Å². The van der Waals surface area contributed by atoms with Gasteiger partial charge in [0.1, 0.15) is 0 Å². The molecule has 0 spiro atoms. The molecule has 2 fully saturated rings. The number of carbonyl (C=O) groups excluding carboxylic acids is 1. The SMILES string of the molecule is CS(=O)(=O)c1ccc(C2COC(=O)C2c2ccc(N3CCCC3)cc2)cc1. The Morgan fingerprint density at radius 3 is 2.11 bits per heavy atom. The van der Waals surface area contributed by atoms with Crippen LogP contribution >= 0.6 is 0 Å². The number of benzene rings is 2. The highest BCUT2D eigenvalue weighted by atomic mass is 32.2. The van der Waals surface area contributed by atoms with Crippen LogP contribution in [0.15, 0.2) is 53.4 Å². The smallest absolute Gasteiger partial charge is 0.314 e. The van der Waals surface area contributed by atoms with E-state index in [0.29, 0.717) is 6.61 Å². The van der Waals surface area contributed by atoms with Gasteiger partial charge >= 0.3 is 5.97 Å². The Kier molecular flexibility index (Phi) is 4.68. The quantitative estimate of drug-likeness (QED) is 0.757. The summed E-state index contributed by atoms with van der Waals surface area (Å²) in [6.45, 7) is 2.48. The molecule has 2 unspecified atom stereocenters. The molecule has 4 rings (SSSR count). The van der Waals surface area contributed by atoms with Crippen molar-refractivity contribution in [3.8, 4) is 0 Å². The summed E-state index contributed by atoms with van der Waals surface area (Å²) >= 11 is 0. The fraction of sp³-hybridized carbons (Fsp3) is 0.381. The number of ether oxygens (including phenoxy) is 1. The standard InChI is InChI=1S/C21H23NO4S/c1-27(24,25)18-10-6-15(7-11-18)19-14-26-21(23)20(19)16-4-8-17(9-5-16)22-12-2-3-13-22/h4-11,19-20H,2-3,12-14H2,1H3. The summed E-state index contributed by atoms with van der Waals surface area (Å²) in [5, 5.41) is 0. The molecule has 2 aromatic rings. The van der Waals surface area contributed by atoms with Gasteiger partial charge in [-0.25, -0.2) is 8.42 Å². The van der Waals surface area contributed by atoms with Gasteiger partial charge in [0.05, 0.1) is 17.4 Å². The second-order valence-electron chi connectivity index (χ2n) is 7.34. The zero-order chi connectivity index (χ0) is 19.0. The van der Waals surface area contributed by atoms with E-state index in [1.807, 2.05) is 12.1 Å². The fourth-order valence-corrected chi connectivity index (χ4v) is 4.64. The topological polar surface area (TPSA) is 63.7 Å². The number of cyclic esters (lactones) is 1. The van der Waals surface area contributed by atoms with Crippen LogP contribution in [0.4, 0.5) is 5.69 Å². The largest absolute Gasteiger partial charge is 0.465 e. The molecule has 2 heterocycles. The Labute approximate surface area is 159 Å². The third-order valence-corrected chi connectivity index (χ3v) is 6.65. The molecular weight excluding hydrogens is 362 g/mol. The van der Waals surface area contributed by atoms with Gasteiger partial charge < -0.3 is 9.64 Å². The molecule has 5 nitrogen and oxygen atoms in total. The molecular formula is C21H23NO4S. The number of sulfone groups is 1. The first-order chi connectivity index (χ1) is 12.9. The van der Waals surface area contributed by atoms with E-state index >= 15 is 0 Å². The van der Waals surface area contributed by atoms with Gasteiger partial charge in [-0.15, -0.1) is 0 Å². The van der Waals surface area contributed by atoms with E-state index < -0.39 is 9.84 Å². The lowest BCUT2D eigenvalue weighted by atomic mass is 9.83. The number of carbonyl (C=O) groups is 1.